The Labute approximate surface area is 210 Å². The lowest BCUT2D eigenvalue weighted by atomic mass is 9.96. The number of carbonyl (C=O) groups is 2. The highest BCUT2D eigenvalue weighted by atomic mass is 35.5. The minimum atomic E-state index is -0.257. The van der Waals surface area contributed by atoms with Crippen LogP contribution in [0, 0.1) is 0 Å². The van der Waals surface area contributed by atoms with E-state index in [0.717, 1.165) is 24.4 Å². The molecule has 8 heteroatoms. The molecule has 34 heavy (non-hydrogen) atoms. The molecule has 2 saturated heterocycles. The largest absolute Gasteiger partial charge is 0.493 e. The van der Waals surface area contributed by atoms with E-state index >= 15 is 0 Å². The zero-order chi connectivity index (χ0) is 24.1. The first kappa shape index (κ1) is 24.8. The third-order valence-corrected chi connectivity index (χ3v) is 7.23. The van der Waals surface area contributed by atoms with Crippen molar-refractivity contribution >= 4 is 35.0 Å². The van der Waals surface area contributed by atoms with Crippen LogP contribution in [-0.2, 0) is 11.3 Å². The van der Waals surface area contributed by atoms with Crippen LogP contribution in [0.15, 0.2) is 42.5 Å². The maximum atomic E-state index is 12.6. The van der Waals surface area contributed by atoms with Crippen LogP contribution in [0.3, 0.4) is 0 Å². The molecule has 2 fully saturated rings. The molecule has 2 N–H and O–H groups in total. The minimum Gasteiger partial charge on any atom is -0.493 e. The molecule has 0 aliphatic carbocycles. The van der Waals surface area contributed by atoms with Gasteiger partial charge in [-0.3, -0.25) is 14.5 Å². The van der Waals surface area contributed by atoms with Crippen molar-refractivity contribution in [1.29, 1.82) is 0 Å². The third-order valence-electron chi connectivity index (χ3n) is 6.75. The molecule has 4 rings (SSSR count). The topological polar surface area (TPSA) is 70.7 Å². The van der Waals surface area contributed by atoms with Crippen molar-refractivity contribution < 1.29 is 14.3 Å². The van der Waals surface area contributed by atoms with E-state index in [9.17, 15) is 9.59 Å². The summed E-state index contributed by atoms with van der Waals surface area (Å²) < 4.78 is 5.76. The average molecular weight is 504 g/mol. The van der Waals surface area contributed by atoms with Gasteiger partial charge in [-0.05, 0) is 68.0 Å². The van der Waals surface area contributed by atoms with Crippen LogP contribution in [0.5, 0.6) is 5.75 Å². The smallest absolute Gasteiger partial charge is 0.254 e. The predicted molar refractivity (Wildman–Crippen MR) is 135 cm³/mol. The van der Waals surface area contributed by atoms with E-state index in [1.165, 1.54) is 18.4 Å². The van der Waals surface area contributed by atoms with E-state index in [0.29, 0.717) is 47.9 Å². The Morgan fingerprint density at radius 2 is 1.71 bits per heavy atom. The molecular weight excluding hydrogens is 473 g/mol. The fourth-order valence-corrected chi connectivity index (χ4v) is 5.40. The van der Waals surface area contributed by atoms with E-state index in [1.807, 2.05) is 12.1 Å². The molecule has 0 unspecified atom stereocenters. The summed E-state index contributed by atoms with van der Waals surface area (Å²) in [5.74, 6) is 0.267. The molecule has 2 aliphatic heterocycles. The number of amides is 2. The molecule has 2 aliphatic rings. The second-order valence-electron chi connectivity index (χ2n) is 9.09. The van der Waals surface area contributed by atoms with Gasteiger partial charge in [-0.25, -0.2) is 0 Å². The Morgan fingerprint density at radius 3 is 2.38 bits per heavy atom. The highest BCUT2D eigenvalue weighted by Gasteiger charge is 2.40. The van der Waals surface area contributed by atoms with Crippen LogP contribution >= 0.6 is 23.2 Å². The van der Waals surface area contributed by atoms with E-state index in [4.69, 9.17) is 27.9 Å². The van der Waals surface area contributed by atoms with Crippen molar-refractivity contribution in [2.75, 3.05) is 13.7 Å². The van der Waals surface area contributed by atoms with Gasteiger partial charge in [0.05, 0.1) is 12.2 Å². The average Bonchev–Trinajstić information content (AvgIpc) is 3.05. The summed E-state index contributed by atoms with van der Waals surface area (Å²) in [6.07, 6.45) is 5.33. The summed E-state index contributed by atoms with van der Waals surface area (Å²) >= 11 is 12.0. The van der Waals surface area contributed by atoms with Gasteiger partial charge in [0.15, 0.2) is 0 Å². The van der Waals surface area contributed by atoms with Crippen molar-refractivity contribution in [3.05, 3.63) is 63.6 Å². The minimum absolute atomic E-state index is 0.0572. The number of ether oxygens (including phenoxy) is 1. The molecular formula is C26H31Cl2N3O3. The molecule has 0 saturated carbocycles. The summed E-state index contributed by atoms with van der Waals surface area (Å²) in [6.45, 7) is 1.29. The molecule has 2 heterocycles. The Hall–Kier alpha value is -2.28. The van der Waals surface area contributed by atoms with Crippen LogP contribution in [-0.4, -0.2) is 48.5 Å². The van der Waals surface area contributed by atoms with Crippen LogP contribution in [0.2, 0.25) is 10.0 Å². The second-order valence-corrected chi connectivity index (χ2v) is 9.96. The van der Waals surface area contributed by atoms with E-state index < -0.39 is 0 Å². The molecule has 6 nitrogen and oxygen atoms in total. The van der Waals surface area contributed by atoms with E-state index in [-0.39, 0.29) is 17.9 Å². The number of carbonyl (C=O) groups excluding carboxylic acids is 2. The lowest BCUT2D eigenvalue weighted by molar-refractivity contribution is -0.122. The molecule has 2 aromatic carbocycles. The number of benzene rings is 2. The molecule has 0 radical (unpaired) electrons. The first-order valence-electron chi connectivity index (χ1n) is 11.9. The van der Waals surface area contributed by atoms with Gasteiger partial charge in [-0.2, -0.15) is 0 Å². The zero-order valence-corrected chi connectivity index (χ0v) is 20.9. The van der Waals surface area contributed by atoms with Gasteiger partial charge in [0.2, 0.25) is 5.91 Å². The monoisotopic (exact) mass is 503 g/mol. The predicted octanol–water partition coefficient (Wildman–Crippen LogP) is 4.82. The van der Waals surface area contributed by atoms with Crippen LogP contribution < -0.4 is 15.4 Å². The Morgan fingerprint density at radius 1 is 1.03 bits per heavy atom. The fourth-order valence-electron chi connectivity index (χ4n) is 5.11. The fraction of sp³-hybridized carbons (Fsp3) is 0.462. The first-order valence-corrected chi connectivity index (χ1v) is 12.6. The van der Waals surface area contributed by atoms with Gasteiger partial charge >= 0.3 is 0 Å². The number of hydrogen-bond donors (Lipinski definition) is 2. The number of nitrogens with zero attached hydrogens (tertiary/aromatic N) is 1. The number of hydrogen-bond acceptors (Lipinski definition) is 4. The van der Waals surface area contributed by atoms with Crippen molar-refractivity contribution in [1.82, 2.24) is 15.5 Å². The first-order chi connectivity index (χ1) is 16.4. The third kappa shape index (κ3) is 6.23. The Balaban J connectivity index is 1.21. The summed E-state index contributed by atoms with van der Waals surface area (Å²) in [5, 5.41) is 7.05. The summed E-state index contributed by atoms with van der Waals surface area (Å²) in [7, 11) is 1.56. The van der Waals surface area contributed by atoms with Crippen molar-refractivity contribution in [3.63, 3.8) is 0 Å². The molecule has 2 bridgehead atoms. The Bertz CT molecular complexity index is 1000. The van der Waals surface area contributed by atoms with Gasteiger partial charge in [0, 0.05) is 48.2 Å². The molecule has 3 atom stereocenters. The molecule has 2 aromatic rings. The van der Waals surface area contributed by atoms with E-state index in [1.54, 1.807) is 25.2 Å². The van der Waals surface area contributed by atoms with Gasteiger partial charge in [-0.1, -0.05) is 35.3 Å². The Kier molecular flexibility index (Phi) is 8.35. The van der Waals surface area contributed by atoms with Gasteiger partial charge < -0.3 is 15.4 Å². The number of halogens is 2. The van der Waals surface area contributed by atoms with E-state index in [2.05, 4.69) is 27.7 Å². The standard InChI is InChI=1S/C26H31Cl2N3O3/c1-29-26(33)23-13-19(28)8-11-24(23)34-12-2-3-25(32)30-20-14-21-9-10-22(15-20)31(21)16-17-4-6-18(27)7-5-17/h4-8,11,13,20-22H,2-3,9-10,12,14-16H2,1H3,(H,29,33)(H,30,32)/t20-,21+,22-. The quantitative estimate of drug-likeness (QED) is 0.481. The highest BCUT2D eigenvalue weighted by Crippen LogP contribution is 2.37. The van der Waals surface area contributed by atoms with Gasteiger partial charge in [-0.15, -0.1) is 0 Å². The van der Waals surface area contributed by atoms with Crippen LogP contribution in [0.25, 0.3) is 0 Å². The van der Waals surface area contributed by atoms with Crippen molar-refractivity contribution in [3.8, 4) is 5.75 Å². The van der Waals surface area contributed by atoms with Gasteiger partial charge in [0.25, 0.3) is 5.91 Å². The number of rotatable bonds is 9. The summed E-state index contributed by atoms with van der Waals surface area (Å²) in [5.41, 5.74) is 1.67. The number of fused-ring (bicyclic) bond motifs is 2. The zero-order valence-electron chi connectivity index (χ0n) is 19.4. The molecule has 0 spiro atoms. The second kappa shape index (κ2) is 11.4. The van der Waals surface area contributed by atoms with Crippen LogP contribution in [0.4, 0.5) is 0 Å². The van der Waals surface area contributed by atoms with Crippen LogP contribution in [0.1, 0.15) is 54.4 Å². The summed E-state index contributed by atoms with van der Waals surface area (Å²) in [4.78, 5) is 27.2. The lowest BCUT2D eigenvalue weighted by Crippen LogP contribution is -2.49. The van der Waals surface area contributed by atoms with Crippen molar-refractivity contribution in [2.45, 2.75) is 63.2 Å². The molecule has 0 aromatic heterocycles. The number of nitrogens with one attached hydrogen (secondary N) is 2. The molecule has 182 valence electrons. The van der Waals surface area contributed by atoms with Gasteiger partial charge in [0.1, 0.15) is 5.75 Å². The molecule has 2 amide bonds. The normalized spacial score (nSPS) is 21.8. The maximum Gasteiger partial charge on any atom is 0.254 e. The SMILES string of the molecule is CNC(=O)c1cc(Cl)ccc1OCCCC(=O)N[C@H]1C[C@H]2CC[C@@H](C1)N2Cc1ccc(Cl)cc1. The summed E-state index contributed by atoms with van der Waals surface area (Å²) in [6, 6.07) is 14.3. The number of piperidine rings is 1. The highest BCUT2D eigenvalue weighted by molar-refractivity contribution is 6.31. The maximum absolute atomic E-state index is 12.6. The lowest BCUT2D eigenvalue weighted by Gasteiger charge is -2.39. The van der Waals surface area contributed by atoms with Crippen molar-refractivity contribution in [2.24, 2.45) is 0 Å².